The number of nitrogens with two attached hydrogens (primary N) is 1. The van der Waals surface area contributed by atoms with Crippen molar-refractivity contribution in [1.29, 1.82) is 0 Å². The number of phenolic OH excluding ortho intramolecular Hbond substituents is 1. The number of anilines is 1. The van der Waals surface area contributed by atoms with Gasteiger partial charge in [0.25, 0.3) is 0 Å². The van der Waals surface area contributed by atoms with Gasteiger partial charge in [0, 0.05) is 12.6 Å². The summed E-state index contributed by atoms with van der Waals surface area (Å²) in [7, 11) is 3.51. The predicted molar refractivity (Wildman–Crippen MR) is 227 cm³/mol. The molecule has 55 heavy (non-hydrogen) atoms. The molecule has 0 saturated heterocycles. The van der Waals surface area contributed by atoms with Crippen molar-refractivity contribution in [2.75, 3.05) is 26.4 Å². The second-order valence-electron chi connectivity index (χ2n) is 15.4. The first kappa shape index (κ1) is 43.0. The topological polar surface area (TPSA) is 115 Å². The Morgan fingerprint density at radius 2 is 1.53 bits per heavy atom. The summed E-state index contributed by atoms with van der Waals surface area (Å²) in [6, 6.07) is 24.7. The van der Waals surface area contributed by atoms with E-state index < -0.39 is 0 Å². The van der Waals surface area contributed by atoms with Crippen molar-refractivity contribution in [3.63, 3.8) is 0 Å². The summed E-state index contributed by atoms with van der Waals surface area (Å²) >= 11 is 0. The van der Waals surface area contributed by atoms with Gasteiger partial charge in [-0.05, 0) is 140 Å². The molecule has 0 aliphatic carbocycles. The predicted octanol–water partition coefficient (Wildman–Crippen LogP) is 9.69. The molecule has 0 spiro atoms. The number of phenols is 1. The van der Waals surface area contributed by atoms with Crippen LogP contribution in [0.25, 0.3) is 6.08 Å². The lowest BCUT2D eigenvalue weighted by Gasteiger charge is -2.17. The van der Waals surface area contributed by atoms with Gasteiger partial charge >= 0.3 is 0 Å². The van der Waals surface area contributed by atoms with Gasteiger partial charge in [-0.2, -0.15) is 0 Å². The molecule has 0 fully saturated rings. The highest BCUT2D eigenvalue weighted by Gasteiger charge is 2.14. The van der Waals surface area contributed by atoms with Crippen LogP contribution < -0.4 is 15.8 Å². The summed E-state index contributed by atoms with van der Waals surface area (Å²) in [6.45, 7) is 5.59. The van der Waals surface area contributed by atoms with E-state index in [1.54, 1.807) is 24.4 Å². The molecule has 4 N–H and O–H groups in total. The Morgan fingerprint density at radius 3 is 2.25 bits per heavy atom. The van der Waals surface area contributed by atoms with Crippen LogP contribution in [0.15, 0.2) is 85.1 Å². The third-order valence-corrected chi connectivity index (χ3v) is 10.4. The van der Waals surface area contributed by atoms with Gasteiger partial charge in [-0.1, -0.05) is 100 Å². The second kappa shape index (κ2) is 23.2. The summed E-state index contributed by atoms with van der Waals surface area (Å²) < 4.78 is 5.41. The standard InChI is InChI=1S/C48H63N3O4/c1-35(2)13-11-19-39(33-50-3)16-9-6-10-20-44(52)32-45(53)26-25-40-30-47(55-4)46(54)29-42(40)28-43-34-51-48(49)31-41(43)24-23-38-18-12-17-37(27-38)22-21-36-14-7-5-8-15-36/h5,7-8,12,14-15,17-18,25-27,29-31,34-35,39,50,54H,6,9-11,13,16,19-24,28,32-33H2,1-4H3,(H2,49,51)/t39-/m1/s1. The van der Waals surface area contributed by atoms with E-state index in [-0.39, 0.29) is 23.7 Å². The molecule has 4 aromatic rings. The van der Waals surface area contributed by atoms with Crippen LogP contribution in [-0.2, 0) is 41.7 Å². The van der Waals surface area contributed by atoms with Crippen LogP contribution in [-0.4, -0.2) is 42.4 Å². The van der Waals surface area contributed by atoms with Crippen LogP contribution in [0.2, 0.25) is 0 Å². The lowest BCUT2D eigenvalue weighted by atomic mass is 9.93. The van der Waals surface area contributed by atoms with Gasteiger partial charge in [0.05, 0.1) is 13.5 Å². The quantitative estimate of drug-likeness (QED) is 0.0352. The van der Waals surface area contributed by atoms with Crippen molar-refractivity contribution in [2.24, 2.45) is 11.8 Å². The molecule has 0 unspecified atom stereocenters. The van der Waals surface area contributed by atoms with E-state index in [0.29, 0.717) is 30.3 Å². The zero-order chi connectivity index (χ0) is 39.4. The van der Waals surface area contributed by atoms with Gasteiger partial charge in [-0.15, -0.1) is 0 Å². The van der Waals surface area contributed by atoms with Crippen LogP contribution in [0.5, 0.6) is 11.5 Å². The normalized spacial score (nSPS) is 12.0. The average Bonchev–Trinajstić information content (AvgIpc) is 3.17. The number of benzene rings is 3. The highest BCUT2D eigenvalue weighted by atomic mass is 16.5. The molecule has 0 bridgehead atoms. The number of Topliss-reactive ketones (excluding diaryl/α,β-unsaturated/α-hetero) is 1. The second-order valence-corrected chi connectivity index (χ2v) is 15.4. The zero-order valence-electron chi connectivity index (χ0n) is 33.6. The molecule has 4 rings (SSSR count). The van der Waals surface area contributed by atoms with Crippen molar-refractivity contribution in [2.45, 2.75) is 104 Å². The number of allylic oxidation sites excluding steroid dienone is 1. The number of aromatic nitrogens is 1. The third-order valence-electron chi connectivity index (χ3n) is 10.4. The molecule has 1 atom stereocenters. The highest BCUT2D eigenvalue weighted by molar-refractivity contribution is 6.06. The Kier molecular flexibility index (Phi) is 18.2. The molecule has 0 amide bonds. The minimum Gasteiger partial charge on any atom is -0.504 e. The van der Waals surface area contributed by atoms with Crippen molar-refractivity contribution in [3.8, 4) is 11.5 Å². The van der Waals surface area contributed by atoms with Gasteiger partial charge in [0.1, 0.15) is 11.6 Å². The first-order valence-electron chi connectivity index (χ1n) is 20.3. The van der Waals surface area contributed by atoms with Gasteiger partial charge < -0.3 is 20.9 Å². The number of hydrogen-bond donors (Lipinski definition) is 3. The third kappa shape index (κ3) is 15.5. The molecule has 7 nitrogen and oxygen atoms in total. The number of aromatic hydroxyl groups is 1. The SMILES string of the molecule is CNC[C@H](CCCCCC(=O)CC(=O)C=Cc1cc(OC)c(O)cc1Cc1cnc(N)cc1CCc1cccc(CCc2ccccc2)c1)CCCC(C)C. The van der Waals surface area contributed by atoms with Crippen molar-refractivity contribution in [3.05, 3.63) is 124 Å². The van der Waals surface area contributed by atoms with Crippen LogP contribution in [0.3, 0.4) is 0 Å². The van der Waals surface area contributed by atoms with Gasteiger partial charge in [0.15, 0.2) is 17.3 Å². The number of methoxy groups -OCH3 is 1. The Balaban J connectivity index is 1.34. The Morgan fingerprint density at radius 1 is 0.818 bits per heavy atom. The van der Waals surface area contributed by atoms with E-state index in [4.69, 9.17) is 10.5 Å². The summed E-state index contributed by atoms with van der Waals surface area (Å²) in [5, 5.41) is 14.1. The smallest absolute Gasteiger partial charge is 0.163 e. The molecule has 0 aliphatic rings. The van der Waals surface area contributed by atoms with Gasteiger partial charge in [-0.25, -0.2) is 4.98 Å². The maximum Gasteiger partial charge on any atom is 0.163 e. The average molecular weight is 746 g/mol. The van der Waals surface area contributed by atoms with E-state index >= 15 is 0 Å². The number of aryl methyl sites for hydroxylation is 4. The van der Waals surface area contributed by atoms with Crippen molar-refractivity contribution in [1.82, 2.24) is 10.3 Å². The van der Waals surface area contributed by atoms with Crippen LogP contribution in [0.1, 0.15) is 111 Å². The monoisotopic (exact) mass is 745 g/mol. The fraction of sp³-hybridized carbons (Fsp3) is 0.438. The zero-order valence-corrected chi connectivity index (χ0v) is 33.6. The number of unbranched alkanes of at least 4 members (excludes halogenated alkanes) is 2. The van der Waals surface area contributed by atoms with E-state index in [0.717, 1.165) is 79.7 Å². The van der Waals surface area contributed by atoms with Crippen LogP contribution >= 0.6 is 0 Å². The van der Waals surface area contributed by atoms with Gasteiger partial charge in [0.2, 0.25) is 0 Å². The molecular weight excluding hydrogens is 683 g/mol. The summed E-state index contributed by atoms with van der Waals surface area (Å²) in [5.41, 5.74) is 13.7. The minimum atomic E-state index is -0.233. The Bertz CT molecular complexity index is 1820. The lowest BCUT2D eigenvalue weighted by molar-refractivity contribution is -0.124. The summed E-state index contributed by atoms with van der Waals surface area (Å²) in [4.78, 5) is 30.1. The minimum absolute atomic E-state index is 0.0151. The van der Waals surface area contributed by atoms with E-state index in [1.807, 2.05) is 19.2 Å². The van der Waals surface area contributed by atoms with E-state index in [1.165, 1.54) is 55.6 Å². The number of carbonyl (C=O) groups excluding carboxylic acids is 2. The molecule has 3 aromatic carbocycles. The van der Waals surface area contributed by atoms with Crippen molar-refractivity contribution >= 4 is 23.5 Å². The number of nitrogens with zero attached hydrogens (tertiary/aromatic N) is 1. The molecule has 0 saturated carbocycles. The van der Waals surface area contributed by atoms with Crippen LogP contribution in [0, 0.1) is 11.8 Å². The number of rotatable bonds is 25. The molecule has 0 radical (unpaired) electrons. The fourth-order valence-electron chi connectivity index (χ4n) is 7.30. The maximum absolute atomic E-state index is 12.9. The first-order chi connectivity index (χ1) is 26.6. The molecule has 1 aromatic heterocycles. The molecular formula is C48H63N3O4. The molecule has 7 heteroatoms. The Labute approximate surface area is 329 Å². The number of nitrogens with one attached hydrogen (secondary N) is 1. The molecule has 294 valence electrons. The molecule has 1 heterocycles. The molecule has 0 aliphatic heterocycles. The van der Waals surface area contributed by atoms with E-state index in [2.05, 4.69) is 72.7 Å². The Hall–Kier alpha value is -4.75. The first-order valence-corrected chi connectivity index (χ1v) is 20.3. The number of carbonyl (C=O) groups is 2. The summed E-state index contributed by atoms with van der Waals surface area (Å²) in [6.07, 6.45) is 17.2. The number of hydrogen-bond acceptors (Lipinski definition) is 7. The van der Waals surface area contributed by atoms with Gasteiger partial charge in [-0.3, -0.25) is 9.59 Å². The number of nitrogen functional groups attached to an aromatic ring is 1. The summed E-state index contributed by atoms with van der Waals surface area (Å²) in [5.74, 6) is 1.94. The number of ether oxygens (including phenoxy) is 1. The fourth-order valence-corrected chi connectivity index (χ4v) is 7.30. The maximum atomic E-state index is 12.9. The largest absolute Gasteiger partial charge is 0.504 e. The number of ketones is 2. The van der Waals surface area contributed by atoms with Crippen molar-refractivity contribution < 1.29 is 19.4 Å². The van der Waals surface area contributed by atoms with Crippen LogP contribution in [0.4, 0.5) is 5.82 Å². The van der Waals surface area contributed by atoms with E-state index in [9.17, 15) is 14.7 Å². The lowest BCUT2D eigenvalue weighted by Crippen LogP contribution is -2.19. The highest BCUT2D eigenvalue weighted by Crippen LogP contribution is 2.32. The number of pyridine rings is 1.